The van der Waals surface area contributed by atoms with E-state index in [2.05, 4.69) is 13.2 Å². The average molecular weight is 490 g/mol. The molecule has 8 nitrogen and oxygen atoms in total. The zero-order valence-electron chi connectivity index (χ0n) is 22.1. The topological polar surface area (TPSA) is 90.4 Å². The number of amides is 3. The van der Waals surface area contributed by atoms with E-state index in [4.69, 9.17) is 4.74 Å². The van der Waals surface area contributed by atoms with E-state index in [1.807, 2.05) is 27.7 Å². The first kappa shape index (κ1) is 27.4. The van der Waals surface area contributed by atoms with Crippen LogP contribution in [0.25, 0.3) is 0 Å². The normalized spacial score (nSPS) is 31.4. The summed E-state index contributed by atoms with van der Waals surface area (Å²) in [4.78, 5) is 47.0. The smallest absolute Gasteiger partial charge is 0.249 e. The Labute approximate surface area is 210 Å². The maximum Gasteiger partial charge on any atom is 0.249 e. The minimum absolute atomic E-state index is 0.0166. The molecule has 0 radical (unpaired) electrons. The third-order valence-corrected chi connectivity index (χ3v) is 8.15. The quantitative estimate of drug-likeness (QED) is 0.356. The number of hydrogen-bond donors (Lipinski definition) is 1. The van der Waals surface area contributed by atoms with Crippen LogP contribution in [0.3, 0.4) is 0 Å². The summed E-state index contributed by atoms with van der Waals surface area (Å²) >= 11 is 0. The van der Waals surface area contributed by atoms with Gasteiger partial charge in [0.2, 0.25) is 17.7 Å². The van der Waals surface area contributed by atoms with Crippen molar-refractivity contribution in [3.63, 3.8) is 0 Å². The number of carbonyl (C=O) groups excluding carboxylic acids is 3. The minimum Gasteiger partial charge on any atom is -0.396 e. The number of nitrogens with zero attached hydrogens (tertiary/aromatic N) is 3. The number of likely N-dealkylation sites (N-methyl/N-ethyl adjacent to an activating group) is 1. The number of aliphatic hydroxyl groups is 1. The van der Waals surface area contributed by atoms with Crippen LogP contribution in [0, 0.1) is 11.8 Å². The van der Waals surface area contributed by atoms with Crippen molar-refractivity contribution in [3.05, 3.63) is 25.3 Å². The Balaban J connectivity index is 2.12. The molecule has 0 aromatic rings. The molecule has 0 aromatic heterocycles. The van der Waals surface area contributed by atoms with Crippen LogP contribution in [-0.2, 0) is 19.1 Å². The van der Waals surface area contributed by atoms with E-state index in [1.165, 1.54) is 0 Å². The predicted molar refractivity (Wildman–Crippen MR) is 134 cm³/mol. The van der Waals surface area contributed by atoms with Crippen LogP contribution in [0.2, 0.25) is 0 Å². The van der Waals surface area contributed by atoms with Crippen molar-refractivity contribution in [1.29, 1.82) is 0 Å². The van der Waals surface area contributed by atoms with Gasteiger partial charge in [0.1, 0.15) is 11.6 Å². The molecule has 1 spiro atoms. The number of rotatable bonds is 11. The summed E-state index contributed by atoms with van der Waals surface area (Å²) in [7, 11) is 1.72. The van der Waals surface area contributed by atoms with E-state index in [-0.39, 0.29) is 24.3 Å². The zero-order chi connectivity index (χ0) is 26.2. The average Bonchev–Trinajstić information content (AvgIpc) is 3.40. The van der Waals surface area contributed by atoms with Crippen molar-refractivity contribution >= 4 is 17.7 Å². The van der Waals surface area contributed by atoms with Crippen LogP contribution in [0.15, 0.2) is 25.3 Å². The molecule has 3 heterocycles. The number of unbranched alkanes of at least 4 members (excludes halogenated alkanes) is 1. The van der Waals surface area contributed by atoms with Crippen molar-refractivity contribution in [1.82, 2.24) is 14.7 Å². The van der Waals surface area contributed by atoms with E-state index in [0.717, 1.165) is 0 Å². The van der Waals surface area contributed by atoms with Crippen molar-refractivity contribution < 1.29 is 24.2 Å². The number of fused-ring (bicyclic) bond motifs is 1. The van der Waals surface area contributed by atoms with E-state index in [1.54, 1.807) is 33.9 Å². The highest BCUT2D eigenvalue weighted by molar-refractivity contribution is 5.99. The van der Waals surface area contributed by atoms with Gasteiger partial charge in [0.25, 0.3) is 0 Å². The third kappa shape index (κ3) is 4.33. The summed E-state index contributed by atoms with van der Waals surface area (Å²) in [6.07, 6.45) is 6.25. The molecule has 2 bridgehead atoms. The van der Waals surface area contributed by atoms with Gasteiger partial charge in [-0.1, -0.05) is 19.1 Å². The van der Waals surface area contributed by atoms with E-state index in [9.17, 15) is 19.5 Å². The molecule has 3 aliphatic heterocycles. The minimum atomic E-state index is -1.04. The van der Waals surface area contributed by atoms with Gasteiger partial charge in [-0.25, -0.2) is 0 Å². The van der Waals surface area contributed by atoms with Crippen molar-refractivity contribution in [2.75, 3.05) is 33.3 Å². The number of carbonyl (C=O) groups is 3. The fraction of sp³-hybridized carbons (Fsp3) is 0.741. The van der Waals surface area contributed by atoms with E-state index in [0.29, 0.717) is 51.7 Å². The van der Waals surface area contributed by atoms with Gasteiger partial charge in [0, 0.05) is 38.8 Å². The van der Waals surface area contributed by atoms with Gasteiger partial charge in [-0.2, -0.15) is 0 Å². The monoisotopic (exact) mass is 489 g/mol. The van der Waals surface area contributed by atoms with Crippen molar-refractivity contribution in [3.8, 4) is 0 Å². The molecule has 5 atom stereocenters. The number of aliphatic hydroxyl groups excluding tert-OH is 1. The van der Waals surface area contributed by atoms with Crippen LogP contribution >= 0.6 is 0 Å². The fourth-order valence-corrected chi connectivity index (χ4v) is 6.50. The van der Waals surface area contributed by atoms with Gasteiger partial charge in [0.05, 0.1) is 17.4 Å². The predicted octanol–water partition coefficient (Wildman–Crippen LogP) is 2.37. The highest BCUT2D eigenvalue weighted by Crippen LogP contribution is 2.64. The molecule has 0 saturated carbocycles. The van der Waals surface area contributed by atoms with Gasteiger partial charge in [-0.15, -0.1) is 13.2 Å². The highest BCUT2D eigenvalue weighted by atomic mass is 16.5. The van der Waals surface area contributed by atoms with Gasteiger partial charge in [-0.3, -0.25) is 14.4 Å². The number of ether oxygens (including phenoxy) is 1. The zero-order valence-corrected chi connectivity index (χ0v) is 22.1. The lowest BCUT2D eigenvalue weighted by atomic mass is 9.64. The molecular weight excluding hydrogens is 446 g/mol. The van der Waals surface area contributed by atoms with Gasteiger partial charge >= 0.3 is 0 Å². The van der Waals surface area contributed by atoms with Crippen LogP contribution in [0.5, 0.6) is 0 Å². The second kappa shape index (κ2) is 10.1. The molecule has 3 saturated heterocycles. The summed E-state index contributed by atoms with van der Waals surface area (Å²) < 4.78 is 6.81. The molecular formula is C27H43N3O5. The molecule has 0 aromatic carbocycles. The van der Waals surface area contributed by atoms with E-state index >= 15 is 0 Å². The molecule has 1 N–H and O–H groups in total. The fourth-order valence-electron chi connectivity index (χ4n) is 6.50. The van der Waals surface area contributed by atoms with Crippen LogP contribution in [0.4, 0.5) is 0 Å². The summed E-state index contributed by atoms with van der Waals surface area (Å²) in [5.74, 6) is -1.83. The van der Waals surface area contributed by atoms with Gasteiger partial charge < -0.3 is 24.5 Å². The van der Waals surface area contributed by atoms with Crippen LogP contribution in [-0.4, -0.2) is 93.6 Å². The Morgan fingerprint density at radius 3 is 2.37 bits per heavy atom. The number of likely N-dealkylation sites (tertiary alicyclic amines) is 1. The SMILES string of the molecule is C=CCN(C)C(=O)[C@@H]1[C@H]2C(=O)N(CCCCO)C(C(=O)N(CC=C)C(C)(C)C)C23CC[C@@]1(CC)O3. The van der Waals surface area contributed by atoms with Gasteiger partial charge in [-0.05, 0) is 52.9 Å². The Hall–Kier alpha value is -2.19. The lowest BCUT2D eigenvalue weighted by molar-refractivity contribution is -0.157. The summed E-state index contributed by atoms with van der Waals surface area (Å²) in [5.41, 5.74) is -2.28. The largest absolute Gasteiger partial charge is 0.396 e. The standard InChI is InChI=1S/C27H43N3O5/c1-8-15-28(7)22(32)19-20-23(33)29(17-11-12-18-31)21(24(34)30(16-9-2)25(4,5)6)27(20)14-13-26(19,10-3)35-27/h8-9,19-21,31H,1-2,10-18H2,3-7H3/t19-,20-,21?,26+,27?/m0/s1. The lowest BCUT2D eigenvalue weighted by Crippen LogP contribution is -2.60. The van der Waals surface area contributed by atoms with Crippen LogP contribution in [0.1, 0.15) is 59.8 Å². The van der Waals surface area contributed by atoms with Gasteiger partial charge in [0.15, 0.2) is 0 Å². The Morgan fingerprint density at radius 2 is 1.83 bits per heavy atom. The molecule has 3 amide bonds. The maximum atomic E-state index is 14.2. The molecule has 3 aliphatic rings. The molecule has 196 valence electrons. The molecule has 35 heavy (non-hydrogen) atoms. The first-order chi connectivity index (χ1) is 16.5. The Morgan fingerprint density at radius 1 is 1.17 bits per heavy atom. The van der Waals surface area contributed by atoms with E-state index < -0.39 is 34.6 Å². The number of hydrogen-bond acceptors (Lipinski definition) is 5. The van der Waals surface area contributed by atoms with Crippen LogP contribution < -0.4 is 0 Å². The molecule has 3 rings (SSSR count). The molecule has 2 unspecified atom stereocenters. The van der Waals surface area contributed by atoms with Crippen molar-refractivity contribution in [2.45, 2.75) is 82.6 Å². The Bertz CT molecular complexity index is 867. The Kier molecular flexibility index (Phi) is 7.87. The van der Waals surface area contributed by atoms with Crippen molar-refractivity contribution in [2.24, 2.45) is 11.8 Å². The second-order valence-electron chi connectivity index (χ2n) is 11.2. The summed E-state index contributed by atoms with van der Waals surface area (Å²) in [6, 6.07) is -0.811. The molecule has 8 heteroatoms. The molecule has 3 fully saturated rings. The molecule has 0 aliphatic carbocycles. The first-order valence-electron chi connectivity index (χ1n) is 12.9. The third-order valence-electron chi connectivity index (χ3n) is 8.15. The highest BCUT2D eigenvalue weighted by Gasteiger charge is 2.79. The lowest BCUT2D eigenvalue weighted by Gasteiger charge is -2.42. The maximum absolute atomic E-state index is 14.2. The second-order valence-corrected chi connectivity index (χ2v) is 11.2. The summed E-state index contributed by atoms with van der Waals surface area (Å²) in [5, 5.41) is 9.33. The first-order valence-corrected chi connectivity index (χ1v) is 12.9. The summed E-state index contributed by atoms with van der Waals surface area (Å²) in [6.45, 7) is 16.6.